The molecule has 0 aliphatic rings. The number of aliphatic hydroxyl groups excluding tert-OH is 1. The zero-order valence-corrected chi connectivity index (χ0v) is 7.85. The molecule has 3 heteroatoms. The van der Waals surface area contributed by atoms with Crippen molar-refractivity contribution in [3.8, 4) is 0 Å². The van der Waals surface area contributed by atoms with Crippen LogP contribution in [0, 0.1) is 5.41 Å². The lowest BCUT2D eigenvalue weighted by Gasteiger charge is -2.37. The van der Waals surface area contributed by atoms with Crippen LogP contribution in [-0.4, -0.2) is 24.0 Å². The summed E-state index contributed by atoms with van der Waals surface area (Å²) in [7, 11) is 0. The van der Waals surface area contributed by atoms with E-state index < -0.39 is 5.72 Å². The molecule has 0 saturated carbocycles. The quantitative estimate of drug-likeness (QED) is 0.599. The van der Waals surface area contributed by atoms with Crippen LogP contribution in [0.1, 0.15) is 27.7 Å². The minimum atomic E-state index is -0.671. The van der Waals surface area contributed by atoms with Crippen molar-refractivity contribution >= 4 is 0 Å². The maximum absolute atomic E-state index is 8.51. The first-order valence-corrected chi connectivity index (χ1v) is 3.85. The number of hydrogen-bond acceptors (Lipinski definition) is 3. The Morgan fingerprint density at radius 1 is 1.27 bits per heavy atom. The van der Waals surface area contributed by atoms with Gasteiger partial charge in [0.2, 0.25) is 0 Å². The largest absolute Gasteiger partial charge is 0.394 e. The first-order chi connectivity index (χ1) is 4.81. The van der Waals surface area contributed by atoms with E-state index in [4.69, 9.17) is 15.6 Å². The smallest absolute Gasteiger partial charge is 0.118 e. The van der Waals surface area contributed by atoms with Crippen molar-refractivity contribution in [2.45, 2.75) is 33.4 Å². The fraction of sp³-hybridized carbons (Fsp3) is 1.00. The maximum atomic E-state index is 8.51. The number of nitrogens with two attached hydrogens (primary N) is 1. The number of ether oxygens (including phenoxy) is 1. The number of hydrogen-bond donors (Lipinski definition) is 2. The molecule has 0 heterocycles. The Morgan fingerprint density at radius 3 is 2.00 bits per heavy atom. The second-order valence-electron chi connectivity index (χ2n) is 3.93. The maximum Gasteiger partial charge on any atom is 0.118 e. The predicted octanol–water partition coefficient (Wildman–Crippen LogP) is 0.716. The van der Waals surface area contributed by atoms with Crippen molar-refractivity contribution in [3.63, 3.8) is 0 Å². The predicted molar refractivity (Wildman–Crippen MR) is 45.1 cm³/mol. The molecule has 0 spiro atoms. The molecule has 1 atom stereocenters. The number of aliphatic hydroxyl groups is 1. The van der Waals surface area contributed by atoms with Gasteiger partial charge in [0.25, 0.3) is 0 Å². The van der Waals surface area contributed by atoms with Gasteiger partial charge in [-0.1, -0.05) is 20.8 Å². The minimum Gasteiger partial charge on any atom is -0.394 e. The Labute approximate surface area is 68.5 Å². The highest BCUT2D eigenvalue weighted by Gasteiger charge is 2.34. The normalized spacial score (nSPS) is 18.0. The van der Waals surface area contributed by atoms with Crippen LogP contribution in [0.5, 0.6) is 0 Å². The Hall–Kier alpha value is -0.120. The third-order valence-corrected chi connectivity index (χ3v) is 1.98. The third-order valence-electron chi connectivity index (χ3n) is 1.98. The first kappa shape index (κ1) is 10.9. The first-order valence-electron chi connectivity index (χ1n) is 3.85. The van der Waals surface area contributed by atoms with E-state index >= 15 is 0 Å². The standard InChI is InChI=1S/C8H19NO2/c1-7(2,3)8(4,9)11-6-5-10/h10H,5-6,9H2,1-4H3. The van der Waals surface area contributed by atoms with Gasteiger partial charge in [-0.3, -0.25) is 0 Å². The van der Waals surface area contributed by atoms with Gasteiger partial charge in [-0.2, -0.15) is 0 Å². The highest BCUT2D eigenvalue weighted by molar-refractivity contribution is 4.82. The van der Waals surface area contributed by atoms with Crippen LogP contribution in [0.4, 0.5) is 0 Å². The third kappa shape index (κ3) is 3.18. The summed E-state index contributed by atoms with van der Waals surface area (Å²) >= 11 is 0. The second-order valence-corrected chi connectivity index (χ2v) is 3.93. The van der Waals surface area contributed by atoms with Crippen molar-refractivity contribution in [1.29, 1.82) is 0 Å². The molecule has 68 valence electrons. The van der Waals surface area contributed by atoms with E-state index in [1.165, 1.54) is 0 Å². The fourth-order valence-corrected chi connectivity index (χ4v) is 0.474. The molecule has 0 aliphatic carbocycles. The van der Waals surface area contributed by atoms with Gasteiger partial charge in [-0.25, -0.2) is 0 Å². The van der Waals surface area contributed by atoms with Crippen molar-refractivity contribution in [1.82, 2.24) is 0 Å². The van der Waals surface area contributed by atoms with E-state index in [0.717, 1.165) is 0 Å². The van der Waals surface area contributed by atoms with Gasteiger partial charge in [0.15, 0.2) is 0 Å². The molecule has 3 nitrogen and oxygen atoms in total. The average molecular weight is 161 g/mol. The molecule has 0 fully saturated rings. The lowest BCUT2D eigenvalue weighted by atomic mass is 9.85. The minimum absolute atomic E-state index is 0.0167. The van der Waals surface area contributed by atoms with Gasteiger partial charge in [0.1, 0.15) is 5.72 Å². The van der Waals surface area contributed by atoms with Gasteiger partial charge in [-0.05, 0) is 6.92 Å². The van der Waals surface area contributed by atoms with Crippen molar-refractivity contribution < 1.29 is 9.84 Å². The van der Waals surface area contributed by atoms with E-state index in [2.05, 4.69) is 0 Å². The van der Waals surface area contributed by atoms with E-state index in [-0.39, 0.29) is 12.0 Å². The lowest BCUT2D eigenvalue weighted by Crippen LogP contribution is -2.51. The summed E-state index contributed by atoms with van der Waals surface area (Å²) in [6, 6.07) is 0. The zero-order valence-electron chi connectivity index (χ0n) is 7.85. The van der Waals surface area contributed by atoms with E-state index in [1.54, 1.807) is 0 Å². The van der Waals surface area contributed by atoms with E-state index in [0.29, 0.717) is 6.61 Å². The average Bonchev–Trinajstić information content (AvgIpc) is 1.81. The molecule has 1 unspecified atom stereocenters. The summed E-state index contributed by atoms with van der Waals surface area (Å²) in [6.45, 7) is 8.15. The fourth-order valence-electron chi connectivity index (χ4n) is 0.474. The highest BCUT2D eigenvalue weighted by Crippen LogP contribution is 2.28. The summed E-state index contributed by atoms with van der Waals surface area (Å²) in [5.41, 5.74) is 5.07. The molecular weight excluding hydrogens is 142 g/mol. The Morgan fingerprint density at radius 2 is 1.73 bits per heavy atom. The van der Waals surface area contributed by atoms with Gasteiger partial charge in [-0.15, -0.1) is 0 Å². The van der Waals surface area contributed by atoms with Crippen LogP contribution in [0.25, 0.3) is 0 Å². The summed E-state index contributed by atoms with van der Waals surface area (Å²) < 4.78 is 5.27. The van der Waals surface area contributed by atoms with Crippen LogP contribution in [0.2, 0.25) is 0 Å². The van der Waals surface area contributed by atoms with Gasteiger partial charge < -0.3 is 15.6 Å². The molecular formula is C8H19NO2. The molecule has 0 aromatic rings. The molecule has 0 saturated heterocycles. The summed E-state index contributed by atoms with van der Waals surface area (Å²) in [6.07, 6.45) is 0. The topological polar surface area (TPSA) is 55.5 Å². The molecule has 0 aromatic heterocycles. The van der Waals surface area contributed by atoms with Crippen LogP contribution in [0.15, 0.2) is 0 Å². The molecule has 0 rings (SSSR count). The van der Waals surface area contributed by atoms with Crippen molar-refractivity contribution in [2.75, 3.05) is 13.2 Å². The molecule has 0 aliphatic heterocycles. The molecule has 0 bridgehead atoms. The molecule has 0 radical (unpaired) electrons. The molecule has 0 amide bonds. The van der Waals surface area contributed by atoms with Crippen molar-refractivity contribution in [2.24, 2.45) is 11.1 Å². The molecule has 0 aromatic carbocycles. The molecule has 11 heavy (non-hydrogen) atoms. The Kier molecular flexibility index (Phi) is 3.48. The van der Waals surface area contributed by atoms with Gasteiger partial charge >= 0.3 is 0 Å². The van der Waals surface area contributed by atoms with Crippen molar-refractivity contribution in [3.05, 3.63) is 0 Å². The summed E-state index contributed by atoms with van der Waals surface area (Å²) in [5.74, 6) is 0. The zero-order chi connectivity index (χ0) is 9.12. The number of rotatable bonds is 3. The van der Waals surface area contributed by atoms with Crippen LogP contribution in [-0.2, 0) is 4.74 Å². The van der Waals surface area contributed by atoms with Crippen LogP contribution >= 0.6 is 0 Å². The Bertz CT molecular complexity index is 116. The monoisotopic (exact) mass is 161 g/mol. The highest BCUT2D eigenvalue weighted by atomic mass is 16.5. The van der Waals surface area contributed by atoms with Gasteiger partial charge in [0.05, 0.1) is 13.2 Å². The van der Waals surface area contributed by atoms with Gasteiger partial charge in [0, 0.05) is 5.41 Å². The summed E-state index contributed by atoms with van der Waals surface area (Å²) in [4.78, 5) is 0. The Balaban J connectivity index is 4.00. The SMILES string of the molecule is CC(C)(C)C(C)(N)OCCO. The lowest BCUT2D eigenvalue weighted by molar-refractivity contribution is -0.108. The van der Waals surface area contributed by atoms with Crippen LogP contribution in [0.3, 0.4) is 0 Å². The molecule has 3 N–H and O–H groups in total. The van der Waals surface area contributed by atoms with E-state index in [9.17, 15) is 0 Å². The summed E-state index contributed by atoms with van der Waals surface area (Å²) in [5, 5.41) is 8.51. The second kappa shape index (κ2) is 3.52. The van der Waals surface area contributed by atoms with E-state index in [1.807, 2.05) is 27.7 Å². The van der Waals surface area contributed by atoms with Crippen LogP contribution < -0.4 is 5.73 Å².